The van der Waals surface area contributed by atoms with Crippen LogP contribution in [-0.4, -0.2) is 18.7 Å². The predicted octanol–water partition coefficient (Wildman–Crippen LogP) is 4.86. The van der Waals surface area contributed by atoms with Crippen molar-refractivity contribution in [1.82, 2.24) is 0 Å². The van der Waals surface area contributed by atoms with Gasteiger partial charge in [0, 0.05) is 10.7 Å². The van der Waals surface area contributed by atoms with Crippen LogP contribution in [-0.2, 0) is 0 Å². The zero-order valence-corrected chi connectivity index (χ0v) is 13.9. The fourth-order valence-corrected chi connectivity index (χ4v) is 2.80. The van der Waals surface area contributed by atoms with Crippen molar-refractivity contribution in [2.75, 3.05) is 16.8 Å². The molecule has 0 bridgehead atoms. The van der Waals surface area contributed by atoms with Crippen molar-refractivity contribution in [3.05, 3.63) is 53.1 Å². The van der Waals surface area contributed by atoms with Crippen LogP contribution in [0.5, 0.6) is 5.75 Å². The standard InChI is InChI=1S/C18H19ClN2O2/c1-3-15-11-21(16-10-13(19)7-8-17(16)23-15)18(22)20-14-6-4-5-12(2)9-14/h4-10,15H,3,11H2,1-2H3,(H,20,22)/t15-/m0/s1. The highest BCUT2D eigenvalue weighted by Gasteiger charge is 2.29. The largest absolute Gasteiger partial charge is 0.486 e. The number of aryl methyl sites for hydroxylation is 1. The highest BCUT2D eigenvalue weighted by molar-refractivity contribution is 6.31. The number of carbonyl (C=O) groups is 1. The second-order valence-corrected chi connectivity index (χ2v) is 6.11. The molecular formula is C18H19ClN2O2. The fraction of sp³-hybridized carbons (Fsp3) is 0.278. The molecule has 1 aliphatic rings. The van der Waals surface area contributed by atoms with Crippen LogP contribution in [0.25, 0.3) is 0 Å². The first-order chi connectivity index (χ1) is 11.1. The van der Waals surface area contributed by atoms with Gasteiger partial charge in [0.25, 0.3) is 0 Å². The molecule has 0 aromatic heterocycles. The Morgan fingerprint density at radius 2 is 2.17 bits per heavy atom. The van der Waals surface area contributed by atoms with Gasteiger partial charge in [0.2, 0.25) is 0 Å². The summed E-state index contributed by atoms with van der Waals surface area (Å²) in [6, 6.07) is 12.9. The molecule has 4 nitrogen and oxygen atoms in total. The van der Waals surface area contributed by atoms with Crippen LogP contribution in [0.4, 0.5) is 16.2 Å². The lowest BCUT2D eigenvalue weighted by Crippen LogP contribution is -2.45. The molecular weight excluding hydrogens is 312 g/mol. The molecule has 2 aromatic carbocycles. The van der Waals surface area contributed by atoms with E-state index in [1.165, 1.54) is 0 Å². The average molecular weight is 331 g/mol. The summed E-state index contributed by atoms with van der Waals surface area (Å²) in [4.78, 5) is 14.4. The van der Waals surface area contributed by atoms with Crippen LogP contribution < -0.4 is 15.0 Å². The Labute approximate surface area is 141 Å². The number of nitrogens with one attached hydrogen (secondary N) is 1. The van der Waals surface area contributed by atoms with E-state index in [9.17, 15) is 4.79 Å². The van der Waals surface area contributed by atoms with Crippen molar-refractivity contribution in [2.45, 2.75) is 26.4 Å². The van der Waals surface area contributed by atoms with Gasteiger partial charge in [0.1, 0.15) is 11.9 Å². The van der Waals surface area contributed by atoms with Gasteiger partial charge in [-0.2, -0.15) is 0 Å². The number of urea groups is 1. The Balaban J connectivity index is 1.88. The van der Waals surface area contributed by atoms with E-state index in [1.807, 2.05) is 44.2 Å². The molecule has 0 radical (unpaired) electrons. The number of carbonyl (C=O) groups excluding carboxylic acids is 1. The summed E-state index contributed by atoms with van der Waals surface area (Å²) in [6.07, 6.45) is 0.808. The lowest BCUT2D eigenvalue weighted by atomic mass is 10.1. The molecule has 1 N–H and O–H groups in total. The van der Waals surface area contributed by atoms with Gasteiger partial charge >= 0.3 is 6.03 Å². The lowest BCUT2D eigenvalue weighted by Gasteiger charge is -2.34. The normalized spacial score (nSPS) is 16.5. The topological polar surface area (TPSA) is 41.6 Å². The molecule has 1 atom stereocenters. The number of halogens is 1. The number of fused-ring (bicyclic) bond motifs is 1. The molecule has 0 unspecified atom stereocenters. The van der Waals surface area contributed by atoms with Gasteiger partial charge in [-0.25, -0.2) is 4.79 Å². The van der Waals surface area contributed by atoms with Crippen LogP contribution in [0.2, 0.25) is 5.02 Å². The SMILES string of the molecule is CC[C@H]1CN(C(=O)Nc2cccc(C)c2)c2cc(Cl)ccc2O1. The third-order valence-corrected chi connectivity index (χ3v) is 4.10. The Kier molecular flexibility index (Phi) is 4.44. The maximum Gasteiger partial charge on any atom is 0.326 e. The summed E-state index contributed by atoms with van der Waals surface area (Å²) in [6.45, 7) is 4.54. The molecule has 23 heavy (non-hydrogen) atoms. The molecule has 1 aliphatic heterocycles. The van der Waals surface area contributed by atoms with Gasteiger partial charge in [0.15, 0.2) is 0 Å². The summed E-state index contributed by atoms with van der Waals surface area (Å²) in [5, 5.41) is 3.53. The molecule has 2 aromatic rings. The Bertz CT molecular complexity index is 733. The third-order valence-electron chi connectivity index (χ3n) is 3.86. The van der Waals surface area contributed by atoms with Gasteiger partial charge < -0.3 is 10.1 Å². The molecule has 0 fully saturated rings. The van der Waals surface area contributed by atoms with E-state index in [1.54, 1.807) is 17.0 Å². The minimum absolute atomic E-state index is 0.0214. The molecule has 0 aliphatic carbocycles. The Hall–Kier alpha value is -2.20. The molecule has 5 heteroatoms. The fourth-order valence-electron chi connectivity index (χ4n) is 2.64. The third kappa shape index (κ3) is 3.42. The van der Waals surface area contributed by atoms with Crippen LogP contribution in [0.15, 0.2) is 42.5 Å². The molecule has 2 amide bonds. The van der Waals surface area contributed by atoms with E-state index in [2.05, 4.69) is 5.32 Å². The number of rotatable bonds is 2. The van der Waals surface area contributed by atoms with Crippen LogP contribution in [0.1, 0.15) is 18.9 Å². The number of benzene rings is 2. The summed E-state index contributed by atoms with van der Waals surface area (Å²) < 4.78 is 5.91. The molecule has 3 rings (SSSR count). The van der Waals surface area contributed by atoms with E-state index in [-0.39, 0.29) is 12.1 Å². The van der Waals surface area contributed by atoms with Crippen molar-refractivity contribution in [3.63, 3.8) is 0 Å². The number of nitrogens with zero attached hydrogens (tertiary/aromatic N) is 1. The highest BCUT2D eigenvalue weighted by Crippen LogP contribution is 2.36. The number of anilines is 2. The van der Waals surface area contributed by atoms with Crippen molar-refractivity contribution in [2.24, 2.45) is 0 Å². The monoisotopic (exact) mass is 330 g/mol. The zero-order chi connectivity index (χ0) is 16.4. The van der Waals surface area contributed by atoms with Crippen LogP contribution in [0.3, 0.4) is 0 Å². The summed E-state index contributed by atoms with van der Waals surface area (Å²) in [7, 11) is 0. The summed E-state index contributed by atoms with van der Waals surface area (Å²) >= 11 is 6.08. The summed E-state index contributed by atoms with van der Waals surface area (Å²) in [5.74, 6) is 0.687. The molecule has 1 heterocycles. The maximum absolute atomic E-state index is 12.7. The number of hydrogen-bond donors (Lipinski definition) is 1. The van der Waals surface area contributed by atoms with Gasteiger partial charge in [-0.3, -0.25) is 4.90 Å². The highest BCUT2D eigenvalue weighted by atomic mass is 35.5. The number of hydrogen-bond acceptors (Lipinski definition) is 2. The van der Waals surface area contributed by atoms with Crippen LogP contribution in [0, 0.1) is 6.92 Å². The first-order valence-corrected chi connectivity index (χ1v) is 8.06. The Morgan fingerprint density at radius 3 is 2.91 bits per heavy atom. The van der Waals surface area contributed by atoms with Gasteiger partial charge in [-0.1, -0.05) is 30.7 Å². The van der Waals surface area contributed by atoms with Gasteiger partial charge in [-0.05, 0) is 49.2 Å². The molecule has 0 spiro atoms. The number of amides is 2. The molecule has 0 saturated heterocycles. The minimum Gasteiger partial charge on any atom is -0.486 e. The quantitative estimate of drug-likeness (QED) is 0.854. The van der Waals surface area contributed by atoms with E-state index in [4.69, 9.17) is 16.3 Å². The number of ether oxygens (including phenoxy) is 1. The zero-order valence-electron chi connectivity index (χ0n) is 13.2. The van der Waals surface area contributed by atoms with Crippen molar-refractivity contribution >= 4 is 29.0 Å². The Morgan fingerprint density at radius 1 is 1.35 bits per heavy atom. The van der Waals surface area contributed by atoms with E-state index in [0.29, 0.717) is 23.0 Å². The maximum atomic E-state index is 12.7. The predicted molar refractivity (Wildman–Crippen MR) is 93.7 cm³/mol. The lowest BCUT2D eigenvalue weighted by molar-refractivity contribution is 0.188. The van der Waals surface area contributed by atoms with E-state index < -0.39 is 0 Å². The first kappa shape index (κ1) is 15.7. The van der Waals surface area contributed by atoms with Crippen molar-refractivity contribution < 1.29 is 9.53 Å². The molecule has 0 saturated carbocycles. The van der Waals surface area contributed by atoms with E-state index >= 15 is 0 Å². The van der Waals surface area contributed by atoms with Crippen LogP contribution >= 0.6 is 11.6 Å². The van der Waals surface area contributed by atoms with Crippen molar-refractivity contribution in [3.8, 4) is 5.75 Å². The smallest absolute Gasteiger partial charge is 0.326 e. The second kappa shape index (κ2) is 6.50. The van der Waals surface area contributed by atoms with E-state index in [0.717, 1.165) is 17.7 Å². The first-order valence-electron chi connectivity index (χ1n) is 7.68. The van der Waals surface area contributed by atoms with Crippen molar-refractivity contribution in [1.29, 1.82) is 0 Å². The second-order valence-electron chi connectivity index (χ2n) is 5.67. The van der Waals surface area contributed by atoms with Gasteiger partial charge in [0.05, 0.1) is 12.2 Å². The average Bonchev–Trinajstić information content (AvgIpc) is 2.53. The van der Waals surface area contributed by atoms with Gasteiger partial charge in [-0.15, -0.1) is 0 Å². The summed E-state index contributed by atoms with van der Waals surface area (Å²) in [5.41, 5.74) is 2.57. The minimum atomic E-state index is -0.180. The molecule has 120 valence electrons.